The molecule has 0 heterocycles. The maximum atomic E-state index is 12.1. The zero-order valence-electron chi connectivity index (χ0n) is 12.9. The molecule has 0 saturated heterocycles. The van der Waals surface area contributed by atoms with Crippen LogP contribution in [0.2, 0.25) is 0 Å². The molecular weight excluding hydrogens is 314 g/mol. The van der Waals surface area contributed by atoms with Crippen LogP contribution in [0, 0.1) is 6.92 Å². The number of anilines is 2. The first-order valence-corrected chi connectivity index (χ1v) is 8.57. The van der Waals surface area contributed by atoms with Crippen LogP contribution in [-0.2, 0) is 14.8 Å². The highest BCUT2D eigenvalue weighted by atomic mass is 32.2. The van der Waals surface area contributed by atoms with E-state index in [2.05, 4.69) is 10.6 Å². The number of sulfonamides is 1. The molecule has 0 aromatic heterocycles. The molecule has 0 bridgehead atoms. The molecule has 2 aromatic rings. The molecule has 1 amide bonds. The summed E-state index contributed by atoms with van der Waals surface area (Å²) in [6.45, 7) is 3.74. The lowest BCUT2D eigenvalue weighted by molar-refractivity contribution is -0.116. The Kier molecular flexibility index (Phi) is 5.02. The highest BCUT2D eigenvalue weighted by molar-refractivity contribution is 7.89. The van der Waals surface area contributed by atoms with Crippen molar-refractivity contribution in [3.63, 3.8) is 0 Å². The van der Waals surface area contributed by atoms with Crippen LogP contribution in [-0.4, -0.2) is 20.4 Å². The maximum Gasteiger partial charge on any atom is 0.246 e. The van der Waals surface area contributed by atoms with Crippen molar-refractivity contribution in [1.29, 1.82) is 0 Å². The second-order valence-electron chi connectivity index (χ2n) is 5.29. The number of primary sulfonamides is 1. The number of hydrogen-bond donors (Lipinski definition) is 3. The molecule has 0 radical (unpaired) electrons. The summed E-state index contributed by atoms with van der Waals surface area (Å²) in [5.41, 5.74) is 2.49. The van der Waals surface area contributed by atoms with Crippen LogP contribution < -0.4 is 15.8 Å². The van der Waals surface area contributed by atoms with Crippen LogP contribution in [0.15, 0.2) is 53.4 Å². The Morgan fingerprint density at radius 3 is 2.04 bits per heavy atom. The molecule has 23 heavy (non-hydrogen) atoms. The molecule has 0 spiro atoms. The van der Waals surface area contributed by atoms with Gasteiger partial charge in [0.25, 0.3) is 0 Å². The molecule has 0 aliphatic rings. The van der Waals surface area contributed by atoms with Gasteiger partial charge in [0, 0.05) is 11.4 Å². The number of hydrogen-bond acceptors (Lipinski definition) is 4. The average Bonchev–Trinajstić information content (AvgIpc) is 2.49. The van der Waals surface area contributed by atoms with E-state index in [0.29, 0.717) is 5.69 Å². The summed E-state index contributed by atoms with van der Waals surface area (Å²) in [4.78, 5) is 12.2. The Morgan fingerprint density at radius 1 is 1.00 bits per heavy atom. The van der Waals surface area contributed by atoms with Gasteiger partial charge in [0.1, 0.15) is 6.04 Å². The van der Waals surface area contributed by atoms with Gasteiger partial charge in [-0.15, -0.1) is 0 Å². The summed E-state index contributed by atoms with van der Waals surface area (Å²) in [5, 5.41) is 10.8. The van der Waals surface area contributed by atoms with Crippen LogP contribution in [0.1, 0.15) is 12.5 Å². The minimum atomic E-state index is -3.73. The number of carbonyl (C=O) groups is 1. The number of rotatable bonds is 5. The van der Waals surface area contributed by atoms with Crippen molar-refractivity contribution < 1.29 is 13.2 Å². The minimum Gasteiger partial charge on any atom is -0.374 e. The Morgan fingerprint density at radius 2 is 1.52 bits per heavy atom. The standard InChI is InChI=1S/C16H19N3O3S/c1-11-3-5-13(6-4-11)18-12(2)16(20)19-14-7-9-15(10-8-14)23(17,21)22/h3-10,12,18H,1-2H3,(H,19,20)(H2,17,21,22)/t12-/m0/s1. The molecule has 4 N–H and O–H groups in total. The lowest BCUT2D eigenvalue weighted by Gasteiger charge is -2.15. The Labute approximate surface area is 135 Å². The van der Waals surface area contributed by atoms with Crippen LogP contribution in [0.4, 0.5) is 11.4 Å². The first-order chi connectivity index (χ1) is 10.8. The van der Waals surface area contributed by atoms with Crippen molar-refractivity contribution >= 4 is 27.3 Å². The van der Waals surface area contributed by atoms with Gasteiger partial charge in [-0.1, -0.05) is 17.7 Å². The van der Waals surface area contributed by atoms with Crippen LogP contribution >= 0.6 is 0 Å². The summed E-state index contributed by atoms with van der Waals surface area (Å²) in [7, 11) is -3.73. The highest BCUT2D eigenvalue weighted by Crippen LogP contribution is 2.14. The van der Waals surface area contributed by atoms with E-state index in [9.17, 15) is 13.2 Å². The van der Waals surface area contributed by atoms with Gasteiger partial charge in [-0.2, -0.15) is 0 Å². The van der Waals surface area contributed by atoms with Gasteiger partial charge < -0.3 is 10.6 Å². The van der Waals surface area contributed by atoms with Gasteiger partial charge in [-0.3, -0.25) is 4.79 Å². The number of nitrogens with one attached hydrogen (secondary N) is 2. The Balaban J connectivity index is 1.99. The van der Waals surface area contributed by atoms with Crippen molar-refractivity contribution in [2.24, 2.45) is 5.14 Å². The van der Waals surface area contributed by atoms with Crippen LogP contribution in [0.5, 0.6) is 0 Å². The van der Waals surface area contributed by atoms with E-state index in [1.165, 1.54) is 24.3 Å². The van der Waals surface area contributed by atoms with Gasteiger partial charge in [-0.05, 0) is 50.2 Å². The van der Waals surface area contributed by atoms with Gasteiger partial charge in [0.05, 0.1) is 4.90 Å². The van der Waals surface area contributed by atoms with E-state index in [1.54, 1.807) is 6.92 Å². The van der Waals surface area contributed by atoms with Crippen molar-refractivity contribution in [2.75, 3.05) is 10.6 Å². The summed E-state index contributed by atoms with van der Waals surface area (Å²) in [5.74, 6) is -0.228. The third-order valence-corrected chi connectivity index (χ3v) is 4.21. The zero-order valence-corrected chi connectivity index (χ0v) is 13.7. The monoisotopic (exact) mass is 333 g/mol. The fourth-order valence-electron chi connectivity index (χ4n) is 1.94. The van der Waals surface area contributed by atoms with Gasteiger partial charge in [0.15, 0.2) is 0 Å². The van der Waals surface area contributed by atoms with E-state index in [-0.39, 0.29) is 10.8 Å². The lowest BCUT2D eigenvalue weighted by atomic mass is 10.2. The molecule has 0 aliphatic heterocycles. The summed E-state index contributed by atoms with van der Waals surface area (Å²) < 4.78 is 22.4. The quantitative estimate of drug-likeness (QED) is 0.779. The first-order valence-electron chi connectivity index (χ1n) is 7.02. The Hall–Kier alpha value is -2.38. The fourth-order valence-corrected chi connectivity index (χ4v) is 2.46. The molecule has 6 nitrogen and oxygen atoms in total. The van der Waals surface area contributed by atoms with Crippen LogP contribution in [0.3, 0.4) is 0 Å². The minimum absolute atomic E-state index is 0.00123. The maximum absolute atomic E-state index is 12.1. The van der Waals surface area contributed by atoms with Crippen molar-refractivity contribution in [3.05, 3.63) is 54.1 Å². The molecule has 2 rings (SSSR count). The summed E-state index contributed by atoms with van der Waals surface area (Å²) in [6.07, 6.45) is 0. The molecule has 0 saturated carbocycles. The van der Waals surface area contributed by atoms with Gasteiger partial charge in [0.2, 0.25) is 15.9 Å². The lowest BCUT2D eigenvalue weighted by Crippen LogP contribution is -2.31. The van der Waals surface area contributed by atoms with E-state index in [0.717, 1.165) is 11.3 Å². The zero-order chi connectivity index (χ0) is 17.0. The predicted molar refractivity (Wildman–Crippen MR) is 90.7 cm³/mol. The second-order valence-corrected chi connectivity index (χ2v) is 6.85. The van der Waals surface area contributed by atoms with Crippen LogP contribution in [0.25, 0.3) is 0 Å². The number of aryl methyl sites for hydroxylation is 1. The van der Waals surface area contributed by atoms with E-state index >= 15 is 0 Å². The first kappa shape index (κ1) is 17.0. The predicted octanol–water partition coefficient (Wildman–Crippen LogP) is 2.08. The van der Waals surface area contributed by atoms with Gasteiger partial charge >= 0.3 is 0 Å². The second kappa shape index (κ2) is 6.80. The smallest absolute Gasteiger partial charge is 0.246 e. The number of amides is 1. The van der Waals surface area contributed by atoms with E-state index in [1.807, 2.05) is 31.2 Å². The third-order valence-electron chi connectivity index (χ3n) is 3.28. The van der Waals surface area contributed by atoms with Crippen molar-refractivity contribution in [2.45, 2.75) is 24.8 Å². The number of benzene rings is 2. The van der Waals surface area contributed by atoms with E-state index < -0.39 is 16.1 Å². The molecule has 0 unspecified atom stereocenters. The number of carbonyl (C=O) groups excluding carboxylic acids is 1. The molecule has 122 valence electrons. The highest BCUT2D eigenvalue weighted by Gasteiger charge is 2.13. The molecular formula is C16H19N3O3S. The van der Waals surface area contributed by atoms with E-state index in [4.69, 9.17) is 5.14 Å². The average molecular weight is 333 g/mol. The fraction of sp³-hybridized carbons (Fsp3) is 0.188. The largest absolute Gasteiger partial charge is 0.374 e. The molecule has 1 atom stereocenters. The molecule has 7 heteroatoms. The normalized spacial score (nSPS) is 12.5. The number of nitrogens with two attached hydrogens (primary N) is 1. The molecule has 2 aromatic carbocycles. The molecule has 0 fully saturated rings. The molecule has 0 aliphatic carbocycles. The van der Waals surface area contributed by atoms with Crippen molar-refractivity contribution in [1.82, 2.24) is 0 Å². The summed E-state index contributed by atoms with van der Waals surface area (Å²) >= 11 is 0. The topological polar surface area (TPSA) is 101 Å². The van der Waals surface area contributed by atoms with Crippen molar-refractivity contribution in [3.8, 4) is 0 Å². The van der Waals surface area contributed by atoms with Gasteiger partial charge in [-0.25, -0.2) is 13.6 Å². The summed E-state index contributed by atoms with van der Waals surface area (Å²) in [6, 6.07) is 13.0. The Bertz CT molecular complexity index is 784. The third kappa shape index (κ3) is 4.80. The SMILES string of the molecule is Cc1ccc(N[C@@H](C)C(=O)Nc2ccc(S(N)(=O)=O)cc2)cc1.